The molecule has 4 heterocycles. The van der Waals surface area contributed by atoms with Crippen LogP contribution in [0.3, 0.4) is 0 Å². The summed E-state index contributed by atoms with van der Waals surface area (Å²) in [5, 5.41) is 4.46. The van der Waals surface area contributed by atoms with Gasteiger partial charge in [0, 0.05) is 24.7 Å². The van der Waals surface area contributed by atoms with Crippen LogP contribution in [0.1, 0.15) is 12.0 Å². The number of rotatable bonds is 5. The molecule has 8 heteroatoms. The molecule has 0 aliphatic carbocycles. The van der Waals surface area contributed by atoms with Crippen molar-refractivity contribution < 1.29 is 4.74 Å². The van der Waals surface area contributed by atoms with Crippen molar-refractivity contribution in [2.24, 2.45) is 5.84 Å². The van der Waals surface area contributed by atoms with E-state index in [1.807, 2.05) is 12.1 Å². The summed E-state index contributed by atoms with van der Waals surface area (Å²) in [6, 6.07) is 10.2. The Morgan fingerprint density at radius 1 is 1.22 bits per heavy atom. The van der Waals surface area contributed by atoms with Gasteiger partial charge in [0.25, 0.3) is 0 Å². The largest absolute Gasteiger partial charge is 0.368 e. The molecule has 138 valence electrons. The van der Waals surface area contributed by atoms with Crippen LogP contribution in [0, 0.1) is 0 Å². The number of fused-ring (bicyclic) bond motifs is 1. The van der Waals surface area contributed by atoms with Crippen LogP contribution in [0.5, 0.6) is 0 Å². The van der Waals surface area contributed by atoms with Crippen molar-refractivity contribution in [3.05, 3.63) is 48.3 Å². The van der Waals surface area contributed by atoms with E-state index in [0.717, 1.165) is 48.4 Å². The van der Waals surface area contributed by atoms with Crippen molar-refractivity contribution >= 4 is 28.4 Å². The van der Waals surface area contributed by atoms with Gasteiger partial charge >= 0.3 is 0 Å². The van der Waals surface area contributed by atoms with Gasteiger partial charge in [0.1, 0.15) is 11.4 Å². The maximum atomic E-state index is 5.62. The molecule has 2 aromatic heterocycles. The highest BCUT2D eigenvalue weighted by molar-refractivity contribution is 5.79. The fraction of sp³-hybridized carbons (Fsp3) is 0.316. The molecule has 1 aromatic carbocycles. The Kier molecular flexibility index (Phi) is 3.80. The number of ether oxygens (including phenoxy) is 1. The minimum Gasteiger partial charge on any atom is -0.368 e. The van der Waals surface area contributed by atoms with Crippen molar-refractivity contribution in [3.63, 3.8) is 0 Å². The van der Waals surface area contributed by atoms with Gasteiger partial charge in [0.2, 0.25) is 0 Å². The summed E-state index contributed by atoms with van der Waals surface area (Å²) < 4.78 is 5.58. The molecule has 27 heavy (non-hydrogen) atoms. The lowest BCUT2D eigenvalue weighted by molar-refractivity contribution is 0.325. The Balaban J connectivity index is 1.35. The summed E-state index contributed by atoms with van der Waals surface area (Å²) in [6.07, 6.45) is 4.60. The van der Waals surface area contributed by atoms with Gasteiger partial charge in [-0.25, -0.2) is 15.8 Å². The van der Waals surface area contributed by atoms with Gasteiger partial charge < -0.3 is 20.4 Å². The molecule has 0 amide bonds. The van der Waals surface area contributed by atoms with Crippen LogP contribution < -0.4 is 21.5 Å². The van der Waals surface area contributed by atoms with Crippen LogP contribution in [0.2, 0.25) is 0 Å². The monoisotopic (exact) mass is 363 g/mol. The summed E-state index contributed by atoms with van der Waals surface area (Å²) in [5.74, 6) is 7.62. The maximum Gasteiger partial charge on any atom is 0.183 e. The van der Waals surface area contributed by atoms with E-state index in [4.69, 9.17) is 15.6 Å². The van der Waals surface area contributed by atoms with E-state index >= 15 is 0 Å². The van der Waals surface area contributed by atoms with Crippen LogP contribution in [0.15, 0.2) is 42.7 Å². The number of anilines is 3. The summed E-state index contributed by atoms with van der Waals surface area (Å²) in [7, 11) is 0. The molecule has 2 aliphatic heterocycles. The SMILES string of the molecule is NNc1ncc(N2CCC3(CO3)C2)nc1NCc1ccc2ncccc2c1. The molecule has 2 aliphatic rings. The number of aromatic nitrogens is 3. The Morgan fingerprint density at radius 3 is 2.96 bits per heavy atom. The highest BCUT2D eigenvalue weighted by Gasteiger charge is 2.50. The van der Waals surface area contributed by atoms with Crippen LogP contribution in [0.25, 0.3) is 10.9 Å². The van der Waals surface area contributed by atoms with Crippen molar-refractivity contribution in [1.82, 2.24) is 15.0 Å². The number of hydrogen-bond acceptors (Lipinski definition) is 8. The molecule has 5 rings (SSSR count). The van der Waals surface area contributed by atoms with Crippen molar-refractivity contribution in [1.29, 1.82) is 0 Å². The molecular formula is C19H21N7O. The summed E-state index contributed by atoms with van der Waals surface area (Å²) >= 11 is 0. The Morgan fingerprint density at radius 2 is 2.15 bits per heavy atom. The highest BCUT2D eigenvalue weighted by atomic mass is 16.6. The second kappa shape index (κ2) is 6.33. The lowest BCUT2D eigenvalue weighted by Gasteiger charge is -2.18. The number of epoxide rings is 1. The normalized spacial score (nSPS) is 21.0. The lowest BCUT2D eigenvalue weighted by atomic mass is 10.1. The molecule has 4 N–H and O–H groups in total. The number of benzene rings is 1. The molecule has 2 saturated heterocycles. The fourth-order valence-corrected chi connectivity index (χ4v) is 3.56. The van der Waals surface area contributed by atoms with E-state index in [9.17, 15) is 0 Å². The topological polar surface area (TPSA) is 105 Å². The van der Waals surface area contributed by atoms with Crippen LogP contribution in [0.4, 0.5) is 17.5 Å². The molecule has 3 aromatic rings. The van der Waals surface area contributed by atoms with E-state index in [1.165, 1.54) is 0 Å². The number of hydrogen-bond donors (Lipinski definition) is 3. The minimum atomic E-state index is 0.0548. The first kappa shape index (κ1) is 16.2. The second-order valence-corrected chi connectivity index (χ2v) is 7.10. The van der Waals surface area contributed by atoms with Gasteiger partial charge in [-0.3, -0.25) is 4.98 Å². The number of nitrogens with one attached hydrogen (secondary N) is 2. The van der Waals surface area contributed by atoms with Gasteiger partial charge in [-0.2, -0.15) is 0 Å². The van der Waals surface area contributed by atoms with Crippen molar-refractivity contribution in [2.45, 2.75) is 18.6 Å². The zero-order valence-electron chi connectivity index (χ0n) is 14.9. The minimum absolute atomic E-state index is 0.0548. The first-order chi connectivity index (χ1) is 13.2. The Labute approximate surface area is 156 Å². The van der Waals surface area contributed by atoms with E-state index < -0.39 is 0 Å². The number of nitrogen functional groups attached to an aromatic ring is 1. The molecule has 8 nitrogen and oxygen atoms in total. The zero-order valence-corrected chi connectivity index (χ0v) is 14.9. The third-order valence-corrected chi connectivity index (χ3v) is 5.22. The van der Waals surface area contributed by atoms with Crippen molar-refractivity contribution in [2.75, 3.05) is 35.3 Å². The van der Waals surface area contributed by atoms with Gasteiger partial charge in [-0.15, -0.1) is 0 Å². The predicted molar refractivity (Wildman–Crippen MR) is 104 cm³/mol. The van der Waals surface area contributed by atoms with Gasteiger partial charge in [-0.05, 0) is 30.2 Å². The molecule has 1 spiro atoms. The average Bonchev–Trinajstić information content (AvgIpc) is 3.34. The summed E-state index contributed by atoms with van der Waals surface area (Å²) in [4.78, 5) is 15.7. The molecule has 0 radical (unpaired) electrons. The molecule has 0 saturated carbocycles. The lowest BCUT2D eigenvalue weighted by Crippen LogP contribution is -2.24. The van der Waals surface area contributed by atoms with E-state index in [1.54, 1.807) is 12.4 Å². The number of pyridine rings is 1. The predicted octanol–water partition coefficient (Wildman–Crippen LogP) is 1.90. The van der Waals surface area contributed by atoms with Gasteiger partial charge in [-0.1, -0.05) is 12.1 Å². The third kappa shape index (κ3) is 3.13. The zero-order chi connectivity index (χ0) is 18.3. The molecule has 1 unspecified atom stereocenters. The second-order valence-electron chi connectivity index (χ2n) is 7.10. The third-order valence-electron chi connectivity index (χ3n) is 5.22. The van der Waals surface area contributed by atoms with Crippen LogP contribution >= 0.6 is 0 Å². The summed E-state index contributed by atoms with van der Waals surface area (Å²) in [5.41, 5.74) is 4.79. The number of nitrogens with two attached hydrogens (primary N) is 1. The quantitative estimate of drug-likeness (QED) is 0.359. The average molecular weight is 363 g/mol. The number of hydrazine groups is 1. The molecule has 2 fully saturated rings. The maximum absolute atomic E-state index is 5.62. The molecular weight excluding hydrogens is 342 g/mol. The first-order valence-corrected chi connectivity index (χ1v) is 9.05. The van der Waals surface area contributed by atoms with Crippen LogP contribution in [-0.4, -0.2) is 40.2 Å². The van der Waals surface area contributed by atoms with Crippen molar-refractivity contribution in [3.8, 4) is 0 Å². The van der Waals surface area contributed by atoms with Crippen LogP contribution in [-0.2, 0) is 11.3 Å². The Bertz CT molecular complexity index is 989. The Hall–Kier alpha value is -2.97. The van der Waals surface area contributed by atoms with E-state index in [0.29, 0.717) is 18.2 Å². The van der Waals surface area contributed by atoms with Gasteiger partial charge in [0.05, 0.1) is 24.9 Å². The first-order valence-electron chi connectivity index (χ1n) is 9.05. The molecule has 1 atom stereocenters. The van der Waals surface area contributed by atoms with E-state index in [2.05, 4.69) is 43.8 Å². The smallest absolute Gasteiger partial charge is 0.183 e. The molecule has 0 bridgehead atoms. The fourth-order valence-electron chi connectivity index (χ4n) is 3.56. The standard InChI is InChI=1S/C19H21N7O/c20-25-18-17(22-9-13-3-4-15-14(8-13)2-1-6-21-15)24-16(10-23-18)26-7-5-19(11-26)12-27-19/h1-4,6,8,10H,5,7,9,11-12,20H2,(H,22,24)(H,23,25). The number of nitrogens with zero attached hydrogens (tertiary/aromatic N) is 4. The van der Waals surface area contributed by atoms with E-state index in [-0.39, 0.29) is 5.60 Å². The highest BCUT2D eigenvalue weighted by Crippen LogP contribution is 2.38. The van der Waals surface area contributed by atoms with Gasteiger partial charge in [0.15, 0.2) is 11.6 Å². The summed E-state index contributed by atoms with van der Waals surface area (Å²) in [6.45, 7) is 3.27.